The molecule has 35 heavy (non-hydrogen) atoms. The Morgan fingerprint density at radius 1 is 0.943 bits per heavy atom. The molecule has 6 atom stereocenters. The highest BCUT2D eigenvalue weighted by Gasteiger charge is 2.80. The van der Waals surface area contributed by atoms with Crippen molar-refractivity contribution in [2.75, 3.05) is 11.6 Å². The molecule has 0 amide bonds. The van der Waals surface area contributed by atoms with Crippen LogP contribution in [0.4, 0.5) is 0 Å². The van der Waals surface area contributed by atoms with E-state index in [9.17, 15) is 9.59 Å². The number of ketones is 2. The minimum atomic E-state index is -0.925. The number of thioether (sulfide) groups is 1. The quantitative estimate of drug-likeness (QED) is 0.573. The number of fused-ring (bicyclic) bond motifs is 5. The minimum Gasteiger partial charge on any atom is -0.296 e. The smallest absolute Gasteiger partial charge is 0.172 e. The molecular weight excluding hydrogens is 450 g/mol. The lowest BCUT2D eigenvalue weighted by Crippen LogP contribution is -2.61. The standard InChI is InChI=1S/C31H25NO2S/c33-28-22-13-5-4-10-21(22)16-30(28)27(20-8-2-1-3-9-20)25-17-35-18-32(25)31(30)24-15-7-12-19-11-6-14-23(26(19)24)29(31)34/h1-15,23,25-27H,16-18H2. The van der Waals surface area contributed by atoms with Gasteiger partial charge in [0.15, 0.2) is 11.6 Å². The first-order valence-corrected chi connectivity index (χ1v) is 13.7. The topological polar surface area (TPSA) is 37.4 Å². The molecule has 0 bridgehead atoms. The van der Waals surface area contributed by atoms with Crippen LogP contribution in [0.15, 0.2) is 102 Å². The summed E-state index contributed by atoms with van der Waals surface area (Å²) in [6.07, 6.45) is 13.3. The number of Topliss-reactive ketones (excluding diaryl/α,β-unsaturated/α-hetero) is 2. The molecule has 2 aromatic rings. The average molecular weight is 476 g/mol. The lowest BCUT2D eigenvalue weighted by Gasteiger charge is -2.46. The molecule has 4 heteroatoms. The van der Waals surface area contributed by atoms with E-state index in [0.717, 1.165) is 28.3 Å². The van der Waals surface area contributed by atoms with E-state index in [1.54, 1.807) is 0 Å². The fraction of sp³-hybridized carbons (Fsp3) is 0.290. The Hall–Kier alpha value is -2.95. The Balaban J connectivity index is 1.48. The van der Waals surface area contributed by atoms with Crippen molar-refractivity contribution in [3.8, 4) is 0 Å². The Labute approximate surface area is 209 Å². The van der Waals surface area contributed by atoms with E-state index in [2.05, 4.69) is 65.6 Å². The van der Waals surface area contributed by atoms with E-state index in [4.69, 9.17) is 0 Å². The summed E-state index contributed by atoms with van der Waals surface area (Å²) in [5, 5.41) is 0. The van der Waals surface area contributed by atoms with E-state index in [0.29, 0.717) is 6.42 Å². The monoisotopic (exact) mass is 475 g/mol. The zero-order valence-corrected chi connectivity index (χ0v) is 20.1. The highest BCUT2D eigenvalue weighted by molar-refractivity contribution is 7.99. The average Bonchev–Trinajstić information content (AvgIpc) is 3.60. The molecular formula is C31H25NO2S. The number of hydrogen-bond donors (Lipinski definition) is 0. The molecule has 2 heterocycles. The van der Waals surface area contributed by atoms with Gasteiger partial charge in [0.05, 0.1) is 5.41 Å². The van der Waals surface area contributed by atoms with Crippen molar-refractivity contribution in [3.63, 3.8) is 0 Å². The molecule has 2 aromatic carbocycles. The highest BCUT2D eigenvalue weighted by atomic mass is 32.2. The molecule has 6 aliphatic rings. The molecule has 1 saturated carbocycles. The highest BCUT2D eigenvalue weighted by Crippen LogP contribution is 2.71. The first-order chi connectivity index (χ1) is 17.2. The first-order valence-electron chi connectivity index (χ1n) is 12.5. The summed E-state index contributed by atoms with van der Waals surface area (Å²) < 4.78 is 0. The second-order valence-corrected chi connectivity index (χ2v) is 11.7. The van der Waals surface area contributed by atoms with Crippen molar-refractivity contribution < 1.29 is 9.59 Å². The zero-order chi connectivity index (χ0) is 23.4. The number of carbonyl (C=O) groups excluding carboxylic acids is 2. The van der Waals surface area contributed by atoms with Gasteiger partial charge < -0.3 is 0 Å². The number of hydrogen-bond acceptors (Lipinski definition) is 4. The van der Waals surface area contributed by atoms with Gasteiger partial charge in [-0.1, -0.05) is 91.1 Å². The largest absolute Gasteiger partial charge is 0.296 e. The van der Waals surface area contributed by atoms with Crippen molar-refractivity contribution in [1.29, 1.82) is 0 Å². The van der Waals surface area contributed by atoms with Crippen LogP contribution in [0.1, 0.15) is 27.4 Å². The van der Waals surface area contributed by atoms with Crippen LogP contribution >= 0.6 is 11.8 Å². The Kier molecular flexibility index (Phi) is 3.96. The molecule has 0 aromatic heterocycles. The second kappa shape index (κ2) is 6.83. The van der Waals surface area contributed by atoms with Crippen LogP contribution < -0.4 is 0 Å². The summed E-state index contributed by atoms with van der Waals surface area (Å²) in [7, 11) is 0. The van der Waals surface area contributed by atoms with Crippen LogP contribution in [-0.2, 0) is 11.2 Å². The lowest BCUT2D eigenvalue weighted by molar-refractivity contribution is -0.131. The fourth-order valence-electron chi connectivity index (χ4n) is 8.48. The minimum absolute atomic E-state index is 0.0339. The van der Waals surface area contributed by atoms with Crippen LogP contribution in [0.5, 0.6) is 0 Å². The fourth-order valence-corrected chi connectivity index (χ4v) is 9.78. The summed E-state index contributed by atoms with van der Waals surface area (Å²) in [4.78, 5) is 32.2. The van der Waals surface area contributed by atoms with E-state index in [-0.39, 0.29) is 35.4 Å². The number of nitrogens with zero attached hydrogens (tertiary/aromatic N) is 1. The molecule has 0 N–H and O–H groups in total. The summed E-state index contributed by atoms with van der Waals surface area (Å²) in [6, 6.07) is 18.8. The van der Waals surface area contributed by atoms with E-state index in [1.807, 2.05) is 42.1 Å². The first kappa shape index (κ1) is 20.3. The normalized spacial score (nSPS) is 38.2. The third-order valence-corrected chi connectivity index (χ3v) is 10.5. The van der Waals surface area contributed by atoms with Crippen molar-refractivity contribution in [1.82, 2.24) is 4.90 Å². The Morgan fingerprint density at radius 2 is 1.77 bits per heavy atom. The van der Waals surface area contributed by atoms with Crippen molar-refractivity contribution >= 4 is 23.3 Å². The zero-order valence-electron chi connectivity index (χ0n) is 19.3. The van der Waals surface area contributed by atoms with Gasteiger partial charge in [0.1, 0.15) is 5.54 Å². The van der Waals surface area contributed by atoms with Gasteiger partial charge in [0, 0.05) is 41.0 Å². The predicted octanol–water partition coefficient (Wildman–Crippen LogP) is 5.13. The molecule has 172 valence electrons. The SMILES string of the molecule is O=C1c2ccccc2CC12C(c1ccccc1)C1CSCN1C21C(=O)C2C=CC=C3C=CC=C1C32. The molecule has 6 unspecified atom stereocenters. The van der Waals surface area contributed by atoms with Crippen LogP contribution in [0.3, 0.4) is 0 Å². The van der Waals surface area contributed by atoms with Crippen LogP contribution in [0, 0.1) is 17.3 Å². The molecule has 3 fully saturated rings. The maximum Gasteiger partial charge on any atom is 0.172 e. The van der Waals surface area contributed by atoms with Crippen molar-refractivity contribution in [2.45, 2.75) is 23.9 Å². The third kappa shape index (κ3) is 2.16. The number of benzene rings is 2. The summed E-state index contributed by atoms with van der Waals surface area (Å²) in [5.74, 6) is 1.91. The summed E-state index contributed by atoms with van der Waals surface area (Å²) in [6.45, 7) is 0. The van der Waals surface area contributed by atoms with Crippen molar-refractivity contribution in [3.05, 3.63) is 119 Å². The van der Waals surface area contributed by atoms with Gasteiger partial charge in [-0.2, -0.15) is 0 Å². The van der Waals surface area contributed by atoms with Gasteiger partial charge in [-0.15, -0.1) is 11.8 Å². The second-order valence-electron chi connectivity index (χ2n) is 10.7. The molecule has 2 spiro atoms. The van der Waals surface area contributed by atoms with Gasteiger partial charge in [-0.25, -0.2) is 0 Å². The lowest BCUT2D eigenvalue weighted by atomic mass is 9.57. The molecule has 2 saturated heterocycles. The summed E-state index contributed by atoms with van der Waals surface area (Å²) >= 11 is 1.90. The van der Waals surface area contributed by atoms with E-state index in [1.165, 1.54) is 11.1 Å². The molecule has 8 rings (SSSR count). The van der Waals surface area contributed by atoms with Gasteiger partial charge in [-0.05, 0) is 28.7 Å². The number of carbonyl (C=O) groups is 2. The molecule has 3 nitrogen and oxygen atoms in total. The van der Waals surface area contributed by atoms with Gasteiger partial charge in [-0.3, -0.25) is 14.5 Å². The van der Waals surface area contributed by atoms with E-state index >= 15 is 0 Å². The number of rotatable bonds is 1. The van der Waals surface area contributed by atoms with Gasteiger partial charge in [0.2, 0.25) is 0 Å². The van der Waals surface area contributed by atoms with Gasteiger partial charge in [0.25, 0.3) is 0 Å². The number of allylic oxidation sites excluding steroid dienone is 7. The maximum atomic E-state index is 14.9. The molecule has 4 aliphatic carbocycles. The van der Waals surface area contributed by atoms with Crippen LogP contribution in [-0.4, -0.2) is 39.7 Å². The van der Waals surface area contributed by atoms with E-state index < -0.39 is 11.0 Å². The summed E-state index contributed by atoms with van der Waals surface area (Å²) in [5.41, 5.74) is 3.67. The third-order valence-electron chi connectivity index (χ3n) is 9.51. The van der Waals surface area contributed by atoms with Crippen LogP contribution in [0.25, 0.3) is 0 Å². The maximum absolute atomic E-state index is 14.9. The van der Waals surface area contributed by atoms with Crippen LogP contribution in [0.2, 0.25) is 0 Å². The Bertz CT molecular complexity index is 1430. The Morgan fingerprint density at radius 3 is 2.63 bits per heavy atom. The van der Waals surface area contributed by atoms with Gasteiger partial charge >= 0.3 is 0 Å². The van der Waals surface area contributed by atoms with Crippen molar-refractivity contribution in [2.24, 2.45) is 17.3 Å². The predicted molar refractivity (Wildman–Crippen MR) is 138 cm³/mol. The molecule has 2 aliphatic heterocycles. The molecule has 0 radical (unpaired) electrons.